The molecule has 1 aromatic rings. The monoisotopic (exact) mass is 280 g/mol. The minimum Gasteiger partial charge on any atom is -0.390 e. The van der Waals surface area contributed by atoms with E-state index >= 15 is 0 Å². The van der Waals surface area contributed by atoms with Gasteiger partial charge in [-0.25, -0.2) is 22.0 Å². The number of ether oxygens (including phenoxy) is 1. The van der Waals surface area contributed by atoms with Crippen molar-refractivity contribution in [3.63, 3.8) is 0 Å². The number of halogens is 5. The summed E-state index contributed by atoms with van der Waals surface area (Å²) >= 11 is 0. The maximum Gasteiger partial charge on any atom is 0.200 e. The van der Waals surface area contributed by atoms with E-state index in [1.54, 1.807) is 0 Å². The smallest absolute Gasteiger partial charge is 0.200 e. The molecule has 0 amide bonds. The SMILES string of the molecule is C#CCOCC(O)Cc1c(F)c(F)c(F)c(F)c1F. The number of hydrogen-bond acceptors (Lipinski definition) is 2. The molecule has 1 rings (SSSR count). The predicted molar refractivity (Wildman–Crippen MR) is 55.6 cm³/mol. The Kier molecular flexibility index (Phi) is 5.27. The summed E-state index contributed by atoms with van der Waals surface area (Å²) in [4.78, 5) is 0. The average Bonchev–Trinajstić information content (AvgIpc) is 2.39. The standard InChI is InChI=1S/C12H9F5O2/c1-2-3-19-5-6(18)4-7-8(13)10(15)12(17)11(16)9(7)14/h1,6,18H,3-5H2. The normalized spacial score (nSPS) is 12.3. The van der Waals surface area contributed by atoms with Crippen LogP contribution in [0.5, 0.6) is 0 Å². The Morgan fingerprint density at radius 1 is 1.00 bits per heavy atom. The highest BCUT2D eigenvalue weighted by Crippen LogP contribution is 2.24. The molecule has 1 N–H and O–H groups in total. The molecule has 0 aliphatic heterocycles. The van der Waals surface area contributed by atoms with Crippen LogP contribution in [0.2, 0.25) is 0 Å². The van der Waals surface area contributed by atoms with E-state index in [9.17, 15) is 27.1 Å². The van der Waals surface area contributed by atoms with Crippen molar-refractivity contribution in [2.75, 3.05) is 13.2 Å². The topological polar surface area (TPSA) is 29.5 Å². The molecule has 1 atom stereocenters. The van der Waals surface area contributed by atoms with Gasteiger partial charge in [0.2, 0.25) is 5.82 Å². The van der Waals surface area contributed by atoms with Crippen molar-refractivity contribution in [3.05, 3.63) is 34.6 Å². The first-order valence-electron chi connectivity index (χ1n) is 5.09. The molecule has 0 heterocycles. The quantitative estimate of drug-likeness (QED) is 0.294. The Balaban J connectivity index is 2.93. The predicted octanol–water partition coefficient (Wildman–Crippen LogP) is 1.94. The number of aliphatic hydroxyl groups excluding tert-OH is 1. The van der Waals surface area contributed by atoms with Gasteiger partial charge in [0.1, 0.15) is 6.61 Å². The molecule has 0 saturated heterocycles. The molecule has 1 unspecified atom stereocenters. The first-order valence-corrected chi connectivity index (χ1v) is 5.09. The maximum absolute atomic E-state index is 13.2. The van der Waals surface area contributed by atoms with Crippen molar-refractivity contribution >= 4 is 0 Å². The van der Waals surface area contributed by atoms with Crippen molar-refractivity contribution in [3.8, 4) is 12.3 Å². The largest absolute Gasteiger partial charge is 0.390 e. The van der Waals surface area contributed by atoms with Crippen LogP contribution in [0.25, 0.3) is 0 Å². The molecule has 0 bridgehead atoms. The van der Waals surface area contributed by atoms with E-state index in [-0.39, 0.29) is 13.2 Å². The molecule has 1 aromatic carbocycles. The second-order valence-electron chi connectivity index (χ2n) is 3.63. The van der Waals surface area contributed by atoms with Crippen LogP contribution in [-0.4, -0.2) is 24.4 Å². The zero-order valence-corrected chi connectivity index (χ0v) is 9.52. The van der Waals surface area contributed by atoms with Gasteiger partial charge in [-0.2, -0.15) is 0 Å². The second kappa shape index (κ2) is 6.50. The molecule has 0 fully saturated rings. The lowest BCUT2D eigenvalue weighted by atomic mass is 10.1. The van der Waals surface area contributed by atoms with Gasteiger partial charge in [-0.15, -0.1) is 6.42 Å². The van der Waals surface area contributed by atoms with Crippen LogP contribution < -0.4 is 0 Å². The van der Waals surface area contributed by atoms with Gasteiger partial charge >= 0.3 is 0 Å². The Bertz CT molecular complexity index is 481. The molecule has 7 heteroatoms. The lowest BCUT2D eigenvalue weighted by molar-refractivity contribution is 0.0505. The molecule has 0 spiro atoms. The minimum atomic E-state index is -2.24. The first-order chi connectivity index (χ1) is 8.90. The van der Waals surface area contributed by atoms with E-state index in [0.717, 1.165) is 0 Å². The molecular weight excluding hydrogens is 271 g/mol. The lowest BCUT2D eigenvalue weighted by Gasteiger charge is -2.12. The number of terminal acetylenes is 1. The summed E-state index contributed by atoms with van der Waals surface area (Å²) in [7, 11) is 0. The first kappa shape index (κ1) is 15.4. The third-order valence-corrected chi connectivity index (χ3v) is 2.24. The third-order valence-electron chi connectivity index (χ3n) is 2.24. The highest BCUT2D eigenvalue weighted by Gasteiger charge is 2.26. The molecule has 19 heavy (non-hydrogen) atoms. The van der Waals surface area contributed by atoms with E-state index in [1.165, 1.54) is 0 Å². The summed E-state index contributed by atoms with van der Waals surface area (Å²) in [5, 5.41) is 9.36. The van der Waals surface area contributed by atoms with Crippen LogP contribution in [0.3, 0.4) is 0 Å². The van der Waals surface area contributed by atoms with Crippen molar-refractivity contribution in [1.29, 1.82) is 0 Å². The van der Waals surface area contributed by atoms with E-state index in [0.29, 0.717) is 0 Å². The molecule has 0 aliphatic rings. The van der Waals surface area contributed by atoms with Gasteiger partial charge in [-0.05, 0) is 0 Å². The lowest BCUT2D eigenvalue weighted by Crippen LogP contribution is -2.21. The Labute approximate surface area is 105 Å². The van der Waals surface area contributed by atoms with Gasteiger partial charge < -0.3 is 9.84 Å². The summed E-state index contributed by atoms with van der Waals surface area (Å²) in [5.41, 5.74) is -1.09. The van der Waals surface area contributed by atoms with Crippen LogP contribution in [0, 0.1) is 41.4 Å². The summed E-state index contributed by atoms with van der Waals surface area (Å²) in [5.74, 6) is -8.19. The summed E-state index contributed by atoms with van der Waals surface area (Å²) in [6.45, 7) is -0.530. The number of aliphatic hydroxyl groups is 1. The van der Waals surface area contributed by atoms with Crippen molar-refractivity contribution in [1.82, 2.24) is 0 Å². The fourth-order valence-corrected chi connectivity index (χ4v) is 1.38. The van der Waals surface area contributed by atoms with Gasteiger partial charge in [0.15, 0.2) is 23.3 Å². The fourth-order valence-electron chi connectivity index (χ4n) is 1.38. The van der Waals surface area contributed by atoms with Crippen molar-refractivity contribution in [2.24, 2.45) is 0 Å². The van der Waals surface area contributed by atoms with Gasteiger partial charge in [-0.1, -0.05) is 5.92 Å². The van der Waals surface area contributed by atoms with E-state index in [4.69, 9.17) is 6.42 Å². The summed E-state index contributed by atoms with van der Waals surface area (Å²) in [6, 6.07) is 0. The minimum absolute atomic E-state index is 0.145. The van der Waals surface area contributed by atoms with Crippen molar-refractivity contribution < 1.29 is 31.8 Å². The van der Waals surface area contributed by atoms with E-state index in [2.05, 4.69) is 10.7 Å². The van der Waals surface area contributed by atoms with Crippen molar-refractivity contribution in [2.45, 2.75) is 12.5 Å². The summed E-state index contributed by atoms with van der Waals surface area (Å²) < 4.78 is 69.6. The fraction of sp³-hybridized carbons (Fsp3) is 0.333. The molecule has 104 valence electrons. The van der Waals surface area contributed by atoms with Crippen LogP contribution in [0.4, 0.5) is 22.0 Å². The van der Waals surface area contributed by atoms with Crippen LogP contribution >= 0.6 is 0 Å². The highest BCUT2D eigenvalue weighted by atomic mass is 19.2. The highest BCUT2D eigenvalue weighted by molar-refractivity contribution is 5.24. The van der Waals surface area contributed by atoms with E-state index < -0.39 is 47.2 Å². The third kappa shape index (κ3) is 3.43. The van der Waals surface area contributed by atoms with Crippen LogP contribution in [-0.2, 0) is 11.2 Å². The second-order valence-corrected chi connectivity index (χ2v) is 3.63. The Hall–Kier alpha value is -1.65. The molecule has 2 nitrogen and oxygen atoms in total. The molecule has 0 aliphatic carbocycles. The Morgan fingerprint density at radius 2 is 1.47 bits per heavy atom. The maximum atomic E-state index is 13.2. The van der Waals surface area contributed by atoms with Gasteiger partial charge in [0.05, 0.1) is 12.7 Å². The zero-order valence-electron chi connectivity index (χ0n) is 9.52. The van der Waals surface area contributed by atoms with Crippen LogP contribution in [0.1, 0.15) is 5.56 Å². The molecule has 0 radical (unpaired) electrons. The van der Waals surface area contributed by atoms with Gasteiger partial charge in [-0.3, -0.25) is 0 Å². The molecule has 0 saturated carbocycles. The average molecular weight is 280 g/mol. The van der Waals surface area contributed by atoms with Gasteiger partial charge in [0.25, 0.3) is 0 Å². The number of rotatable bonds is 5. The van der Waals surface area contributed by atoms with E-state index in [1.807, 2.05) is 0 Å². The Morgan fingerprint density at radius 3 is 1.95 bits per heavy atom. The van der Waals surface area contributed by atoms with Crippen LogP contribution in [0.15, 0.2) is 0 Å². The molecular formula is C12H9F5O2. The zero-order chi connectivity index (χ0) is 14.6. The number of hydrogen-bond donors (Lipinski definition) is 1. The molecule has 0 aromatic heterocycles. The van der Waals surface area contributed by atoms with Gasteiger partial charge in [0, 0.05) is 12.0 Å². The number of benzene rings is 1. The summed E-state index contributed by atoms with van der Waals surface area (Å²) in [6.07, 6.45) is 2.63.